The van der Waals surface area contributed by atoms with Crippen molar-refractivity contribution in [1.29, 1.82) is 0 Å². The highest BCUT2D eigenvalue weighted by Gasteiger charge is 2.30. The summed E-state index contributed by atoms with van der Waals surface area (Å²) in [6, 6.07) is 7.11. The molecule has 0 bridgehead atoms. The van der Waals surface area contributed by atoms with Crippen LogP contribution in [0.4, 0.5) is 0 Å². The first kappa shape index (κ1) is 72.0. The summed E-state index contributed by atoms with van der Waals surface area (Å²) in [6.45, 7) is 17.4. The van der Waals surface area contributed by atoms with Gasteiger partial charge in [-0.1, -0.05) is 107 Å². The number of unbranched alkanes of at least 4 members (excludes halogenated alkanes) is 13. The van der Waals surface area contributed by atoms with Gasteiger partial charge in [-0.2, -0.15) is 0 Å². The van der Waals surface area contributed by atoms with Crippen molar-refractivity contribution in [2.75, 3.05) is 59.4 Å². The summed E-state index contributed by atoms with van der Waals surface area (Å²) in [7, 11) is 0. The van der Waals surface area contributed by atoms with Gasteiger partial charge in [-0.3, -0.25) is 24.0 Å². The summed E-state index contributed by atoms with van der Waals surface area (Å²) < 4.78 is 43.3. The molecule has 452 valence electrons. The lowest BCUT2D eigenvalue weighted by molar-refractivity contribution is -0.160. The summed E-state index contributed by atoms with van der Waals surface area (Å²) in [4.78, 5) is 101. The molecule has 0 spiro atoms. The number of Topliss-reactive ketones (excluding diaryl/α,β-unsaturated/α-hetero) is 1. The summed E-state index contributed by atoms with van der Waals surface area (Å²) >= 11 is 0. The zero-order valence-corrected chi connectivity index (χ0v) is 49.7. The Labute approximate surface area is 472 Å². The van der Waals surface area contributed by atoms with E-state index in [2.05, 4.69) is 16.0 Å². The molecule has 3 N–H and O–H groups in total. The molecule has 0 aliphatic rings. The van der Waals surface area contributed by atoms with E-state index in [9.17, 15) is 38.4 Å². The molecule has 0 radical (unpaired) electrons. The monoisotopic (exact) mass is 1120 g/mol. The van der Waals surface area contributed by atoms with E-state index < -0.39 is 52.7 Å². The highest BCUT2D eigenvalue weighted by molar-refractivity contribution is 5.87. The lowest BCUT2D eigenvalue weighted by atomic mass is 10.0. The third-order valence-electron chi connectivity index (χ3n) is 11.6. The normalized spacial score (nSPS) is 12.5. The molecule has 0 fully saturated rings. The standard InChI is InChI=1S/C60H101N3O16/c1-58(2,3)77-54(68)32-26-21-19-17-15-13-11-10-12-14-16-18-20-25-31-52(66)62-50(57(71)79-60(7,8)9)34-36-53(67)63-49(56(70)78-59(4,5)6)33-35-51(65)61-37-39-73-41-42-74-45-48(64)30-27-38-72-40-43-75-46-55(69)76-44-47-28-23-22-24-29-47/h22-24,28-29,49-50H,10-21,25-27,30-46H2,1-9H3,(H,61,65)(H,62,66)(H,63,67)/t49-,50-/m0/s1. The van der Waals surface area contributed by atoms with Crippen molar-refractivity contribution in [3.05, 3.63) is 35.9 Å². The van der Waals surface area contributed by atoms with Crippen LogP contribution in [0, 0.1) is 0 Å². The minimum absolute atomic E-state index is 0.0577. The van der Waals surface area contributed by atoms with Gasteiger partial charge in [-0.15, -0.1) is 0 Å². The molecule has 0 saturated heterocycles. The molecule has 0 saturated carbocycles. The van der Waals surface area contributed by atoms with E-state index in [1.165, 1.54) is 38.5 Å². The van der Waals surface area contributed by atoms with E-state index in [1.807, 2.05) is 51.1 Å². The number of ether oxygens (including phenoxy) is 8. The van der Waals surface area contributed by atoms with Gasteiger partial charge in [0.25, 0.3) is 0 Å². The number of carbonyl (C=O) groups is 8. The maximum atomic E-state index is 13.3. The maximum Gasteiger partial charge on any atom is 0.332 e. The van der Waals surface area contributed by atoms with Crippen LogP contribution in [0.15, 0.2) is 30.3 Å². The van der Waals surface area contributed by atoms with Gasteiger partial charge in [-0.05, 0) is 100.0 Å². The second-order valence-electron chi connectivity index (χ2n) is 22.9. The van der Waals surface area contributed by atoms with Crippen molar-refractivity contribution in [3.63, 3.8) is 0 Å². The lowest BCUT2D eigenvalue weighted by Crippen LogP contribution is -2.47. The number of hydrogen-bond donors (Lipinski definition) is 3. The summed E-state index contributed by atoms with van der Waals surface area (Å²) in [5, 5.41) is 8.15. The van der Waals surface area contributed by atoms with E-state index >= 15 is 0 Å². The van der Waals surface area contributed by atoms with Gasteiger partial charge in [0.15, 0.2) is 5.78 Å². The van der Waals surface area contributed by atoms with E-state index in [0.29, 0.717) is 25.9 Å². The largest absolute Gasteiger partial charge is 0.460 e. The third-order valence-corrected chi connectivity index (χ3v) is 11.6. The van der Waals surface area contributed by atoms with E-state index in [-0.39, 0.29) is 121 Å². The Hall–Kier alpha value is -4.98. The average molecular weight is 1120 g/mol. The van der Waals surface area contributed by atoms with Crippen molar-refractivity contribution >= 4 is 47.4 Å². The van der Waals surface area contributed by atoms with Crippen LogP contribution in [-0.2, 0) is 82.9 Å². The fraction of sp³-hybridized carbons (Fsp3) is 0.767. The van der Waals surface area contributed by atoms with Gasteiger partial charge >= 0.3 is 23.9 Å². The quantitative estimate of drug-likeness (QED) is 0.0313. The summed E-state index contributed by atoms with van der Waals surface area (Å²) in [6.07, 6.45) is 16.3. The van der Waals surface area contributed by atoms with Crippen molar-refractivity contribution < 1.29 is 76.3 Å². The van der Waals surface area contributed by atoms with Crippen molar-refractivity contribution in [2.45, 2.75) is 239 Å². The first-order chi connectivity index (χ1) is 37.4. The number of ketones is 1. The Morgan fingerprint density at radius 3 is 1.35 bits per heavy atom. The lowest BCUT2D eigenvalue weighted by Gasteiger charge is -2.26. The smallest absolute Gasteiger partial charge is 0.332 e. The Morgan fingerprint density at radius 2 is 0.848 bits per heavy atom. The second kappa shape index (κ2) is 42.8. The second-order valence-corrected chi connectivity index (χ2v) is 22.9. The highest BCUT2D eigenvalue weighted by atomic mass is 16.6. The van der Waals surface area contributed by atoms with Crippen LogP contribution < -0.4 is 16.0 Å². The Balaban J connectivity index is 2.32. The van der Waals surface area contributed by atoms with Crippen LogP contribution in [0.1, 0.15) is 209 Å². The number of esters is 4. The molecule has 2 atom stereocenters. The molecule has 1 aromatic rings. The van der Waals surface area contributed by atoms with Gasteiger partial charge in [0, 0.05) is 45.3 Å². The van der Waals surface area contributed by atoms with Gasteiger partial charge in [0.1, 0.15) is 48.7 Å². The van der Waals surface area contributed by atoms with Gasteiger partial charge in [0.2, 0.25) is 17.7 Å². The predicted molar refractivity (Wildman–Crippen MR) is 301 cm³/mol. The molecular formula is C60H101N3O16. The van der Waals surface area contributed by atoms with Crippen LogP contribution >= 0.6 is 0 Å². The number of nitrogens with one attached hydrogen (secondary N) is 3. The maximum absolute atomic E-state index is 13.3. The van der Waals surface area contributed by atoms with E-state index in [0.717, 1.165) is 50.5 Å². The zero-order chi connectivity index (χ0) is 58.8. The molecule has 0 heterocycles. The SMILES string of the molecule is CC(C)(C)OC(=O)CCCCCCCCCCCCCCCCC(=O)N[C@@H](CCC(=O)N[C@@H](CCC(=O)NCCOCCOCC(=O)CCCOCCOCC(=O)OCc1ccccc1)C(=O)OC(C)(C)C)C(=O)OC(C)(C)C. The topological polar surface area (TPSA) is 246 Å². The molecule has 0 unspecified atom stereocenters. The Morgan fingerprint density at radius 1 is 0.418 bits per heavy atom. The number of amides is 3. The van der Waals surface area contributed by atoms with Crippen molar-refractivity contribution in [3.8, 4) is 0 Å². The van der Waals surface area contributed by atoms with Gasteiger partial charge in [-0.25, -0.2) is 14.4 Å². The predicted octanol–water partition coefficient (Wildman–Crippen LogP) is 9.06. The Kier molecular flexibility index (Phi) is 39.1. The molecule has 0 aliphatic heterocycles. The van der Waals surface area contributed by atoms with Gasteiger partial charge < -0.3 is 53.8 Å². The van der Waals surface area contributed by atoms with E-state index in [4.69, 9.17) is 37.9 Å². The number of hydrogen-bond acceptors (Lipinski definition) is 16. The molecule has 19 heteroatoms. The van der Waals surface area contributed by atoms with Gasteiger partial charge in [0.05, 0.1) is 33.0 Å². The minimum Gasteiger partial charge on any atom is -0.460 e. The van der Waals surface area contributed by atoms with E-state index in [1.54, 1.807) is 41.5 Å². The summed E-state index contributed by atoms with van der Waals surface area (Å²) in [5.41, 5.74) is -1.23. The van der Waals surface area contributed by atoms with Crippen LogP contribution in [0.2, 0.25) is 0 Å². The minimum atomic E-state index is -1.16. The molecule has 19 nitrogen and oxygen atoms in total. The van der Waals surface area contributed by atoms with Crippen molar-refractivity contribution in [1.82, 2.24) is 16.0 Å². The van der Waals surface area contributed by atoms with Crippen molar-refractivity contribution in [2.24, 2.45) is 0 Å². The molecule has 1 aromatic carbocycles. The third kappa shape index (κ3) is 45.4. The fourth-order valence-corrected chi connectivity index (χ4v) is 7.75. The van der Waals surface area contributed by atoms with Crippen LogP contribution in [0.3, 0.4) is 0 Å². The zero-order valence-electron chi connectivity index (χ0n) is 49.7. The van der Waals surface area contributed by atoms with Crippen LogP contribution in [0.5, 0.6) is 0 Å². The average Bonchev–Trinajstić information content (AvgIpc) is 3.35. The number of benzene rings is 1. The number of carbonyl (C=O) groups excluding carboxylic acids is 8. The Bertz CT molecular complexity index is 1880. The van der Waals surface area contributed by atoms with Crippen LogP contribution in [0.25, 0.3) is 0 Å². The highest BCUT2D eigenvalue weighted by Crippen LogP contribution is 2.17. The first-order valence-corrected chi connectivity index (χ1v) is 29.0. The molecule has 79 heavy (non-hydrogen) atoms. The molecular weight excluding hydrogens is 1020 g/mol. The molecule has 0 aliphatic carbocycles. The first-order valence-electron chi connectivity index (χ1n) is 29.0. The van der Waals surface area contributed by atoms with Crippen LogP contribution in [-0.4, -0.2) is 136 Å². The summed E-state index contributed by atoms with van der Waals surface area (Å²) in [5.74, 6) is -3.29. The number of rotatable bonds is 46. The molecule has 1 rings (SSSR count). The molecule has 3 amide bonds. The fourth-order valence-electron chi connectivity index (χ4n) is 7.75. The molecule has 0 aromatic heterocycles.